The third kappa shape index (κ3) is 4.87. The first-order valence-corrected chi connectivity index (χ1v) is 6.01. The monoisotopic (exact) mass is 282 g/mol. The highest BCUT2D eigenvalue weighted by Crippen LogP contribution is 2.10. The molecule has 5 N–H and O–H groups in total. The number of phenolic OH excluding ortho intramolecular Hbond substituents is 1. The number of nitrogens with two attached hydrogens (primary N) is 1. The molecule has 1 rings (SSSR count). The van der Waals surface area contributed by atoms with Gasteiger partial charge < -0.3 is 26.0 Å². The first kappa shape index (κ1) is 15.9. The largest absolute Gasteiger partial charge is 0.508 e. The second-order valence-corrected chi connectivity index (χ2v) is 4.26. The van der Waals surface area contributed by atoms with Gasteiger partial charge in [0.05, 0.1) is 19.7 Å². The maximum Gasteiger partial charge on any atom is 0.336 e. The summed E-state index contributed by atoms with van der Waals surface area (Å²) in [4.78, 5) is 22.6. The molecule has 0 aromatic heterocycles. The summed E-state index contributed by atoms with van der Waals surface area (Å²) in [6.45, 7) is -0.255. The number of carbonyl (C=O) groups excluding carboxylic acids is 2. The Balaban J connectivity index is 2.43. The molecule has 0 saturated heterocycles. The van der Waals surface area contributed by atoms with Crippen molar-refractivity contribution >= 4 is 11.9 Å². The minimum Gasteiger partial charge on any atom is -0.508 e. The molecule has 0 aliphatic carbocycles. The van der Waals surface area contributed by atoms with E-state index in [0.717, 1.165) is 12.7 Å². The molecule has 0 saturated carbocycles. The minimum absolute atomic E-state index is 0.132. The standard InChI is InChI=1S/C13H18N2O5/c1-20-13(19)11(17)7-15-12(18)10(14)6-8-2-4-9(16)5-3-8/h2-5,10-11,16-17H,6-7,14H2,1H3,(H,15,18). The highest BCUT2D eigenvalue weighted by Gasteiger charge is 2.19. The van der Waals surface area contributed by atoms with E-state index in [-0.39, 0.29) is 18.7 Å². The molecule has 0 heterocycles. The van der Waals surface area contributed by atoms with Crippen LogP contribution in [0.5, 0.6) is 5.75 Å². The highest BCUT2D eigenvalue weighted by atomic mass is 16.5. The quantitative estimate of drug-likeness (QED) is 0.492. The van der Waals surface area contributed by atoms with Crippen molar-refractivity contribution in [2.45, 2.75) is 18.6 Å². The van der Waals surface area contributed by atoms with Gasteiger partial charge in [-0.1, -0.05) is 12.1 Å². The topological polar surface area (TPSA) is 122 Å². The molecular formula is C13H18N2O5. The summed E-state index contributed by atoms with van der Waals surface area (Å²) < 4.78 is 4.32. The number of rotatable bonds is 6. The number of phenols is 1. The Hall–Kier alpha value is -2.12. The average molecular weight is 282 g/mol. The van der Waals surface area contributed by atoms with Gasteiger partial charge in [0.1, 0.15) is 5.75 Å². The molecule has 7 heteroatoms. The zero-order valence-electron chi connectivity index (χ0n) is 11.1. The lowest BCUT2D eigenvalue weighted by molar-refractivity contribution is -0.150. The molecule has 0 bridgehead atoms. The number of aromatic hydroxyl groups is 1. The summed E-state index contributed by atoms with van der Waals surface area (Å²) in [7, 11) is 1.14. The van der Waals surface area contributed by atoms with Crippen molar-refractivity contribution in [2.24, 2.45) is 5.73 Å². The number of hydrogen-bond donors (Lipinski definition) is 4. The van der Waals surface area contributed by atoms with Crippen LogP contribution in [-0.4, -0.2) is 47.9 Å². The molecule has 0 radical (unpaired) electrons. The fourth-order valence-electron chi connectivity index (χ4n) is 1.53. The number of nitrogens with one attached hydrogen (secondary N) is 1. The third-order valence-electron chi connectivity index (χ3n) is 2.67. The molecule has 0 aliphatic heterocycles. The first-order valence-electron chi connectivity index (χ1n) is 6.01. The molecule has 20 heavy (non-hydrogen) atoms. The van der Waals surface area contributed by atoms with Gasteiger partial charge in [-0.15, -0.1) is 0 Å². The lowest BCUT2D eigenvalue weighted by Gasteiger charge is -2.14. The molecule has 0 fully saturated rings. The molecule has 1 aromatic carbocycles. The van der Waals surface area contributed by atoms with Crippen LogP contribution in [0, 0.1) is 0 Å². The van der Waals surface area contributed by atoms with E-state index in [9.17, 15) is 14.7 Å². The Morgan fingerprint density at radius 2 is 1.95 bits per heavy atom. The molecule has 110 valence electrons. The van der Waals surface area contributed by atoms with Gasteiger partial charge in [0, 0.05) is 0 Å². The highest BCUT2D eigenvalue weighted by molar-refractivity contribution is 5.83. The number of methoxy groups -OCH3 is 1. The zero-order chi connectivity index (χ0) is 15.1. The number of benzene rings is 1. The van der Waals surface area contributed by atoms with E-state index in [0.29, 0.717) is 0 Å². The lowest BCUT2D eigenvalue weighted by Crippen LogP contribution is -2.46. The Morgan fingerprint density at radius 3 is 2.50 bits per heavy atom. The van der Waals surface area contributed by atoms with Crippen LogP contribution in [-0.2, 0) is 20.7 Å². The van der Waals surface area contributed by atoms with Crippen molar-refractivity contribution < 1.29 is 24.5 Å². The van der Waals surface area contributed by atoms with Crippen LogP contribution < -0.4 is 11.1 Å². The Morgan fingerprint density at radius 1 is 1.35 bits per heavy atom. The Labute approximate surface area is 116 Å². The fourth-order valence-corrected chi connectivity index (χ4v) is 1.53. The van der Waals surface area contributed by atoms with Crippen molar-refractivity contribution in [1.82, 2.24) is 5.32 Å². The van der Waals surface area contributed by atoms with E-state index in [1.807, 2.05) is 0 Å². The maximum absolute atomic E-state index is 11.7. The van der Waals surface area contributed by atoms with E-state index in [2.05, 4.69) is 10.1 Å². The number of ether oxygens (including phenoxy) is 1. The average Bonchev–Trinajstić information content (AvgIpc) is 2.45. The van der Waals surface area contributed by atoms with Crippen molar-refractivity contribution in [1.29, 1.82) is 0 Å². The molecule has 1 amide bonds. The summed E-state index contributed by atoms with van der Waals surface area (Å²) in [5, 5.41) is 20.8. The van der Waals surface area contributed by atoms with Crippen LogP contribution in [0.1, 0.15) is 5.56 Å². The molecule has 0 spiro atoms. The number of hydrogen-bond acceptors (Lipinski definition) is 6. The van der Waals surface area contributed by atoms with Gasteiger partial charge in [-0.3, -0.25) is 4.79 Å². The predicted molar refractivity (Wildman–Crippen MR) is 70.8 cm³/mol. The minimum atomic E-state index is -1.41. The van der Waals surface area contributed by atoms with Gasteiger partial charge in [0.2, 0.25) is 5.91 Å². The third-order valence-corrected chi connectivity index (χ3v) is 2.67. The van der Waals surface area contributed by atoms with Crippen molar-refractivity contribution in [2.75, 3.05) is 13.7 Å². The van der Waals surface area contributed by atoms with E-state index >= 15 is 0 Å². The molecule has 2 atom stereocenters. The van der Waals surface area contributed by atoms with Crippen LogP contribution in [0.2, 0.25) is 0 Å². The summed E-state index contributed by atoms with van der Waals surface area (Å²) >= 11 is 0. The van der Waals surface area contributed by atoms with Crippen molar-refractivity contribution in [3.8, 4) is 5.75 Å². The van der Waals surface area contributed by atoms with Gasteiger partial charge in [0.25, 0.3) is 0 Å². The molecule has 2 unspecified atom stereocenters. The second-order valence-electron chi connectivity index (χ2n) is 4.26. The summed E-state index contributed by atoms with van der Waals surface area (Å²) in [6.07, 6.45) is -1.13. The Kier molecular flexibility index (Phi) is 5.95. The summed E-state index contributed by atoms with van der Waals surface area (Å²) in [5.41, 5.74) is 6.50. The summed E-state index contributed by atoms with van der Waals surface area (Å²) in [5.74, 6) is -1.17. The molecule has 0 aliphatic rings. The summed E-state index contributed by atoms with van der Waals surface area (Å²) in [6, 6.07) is 5.50. The van der Waals surface area contributed by atoms with Gasteiger partial charge in [-0.2, -0.15) is 0 Å². The van der Waals surface area contributed by atoms with Crippen LogP contribution in [0.3, 0.4) is 0 Å². The number of esters is 1. The van der Waals surface area contributed by atoms with E-state index in [4.69, 9.17) is 10.8 Å². The zero-order valence-corrected chi connectivity index (χ0v) is 11.1. The van der Waals surface area contributed by atoms with Crippen LogP contribution in [0.25, 0.3) is 0 Å². The maximum atomic E-state index is 11.7. The SMILES string of the molecule is COC(=O)C(O)CNC(=O)C(N)Cc1ccc(O)cc1. The van der Waals surface area contributed by atoms with E-state index in [1.54, 1.807) is 12.1 Å². The number of aliphatic hydroxyl groups excluding tert-OH is 1. The molecule has 7 nitrogen and oxygen atoms in total. The van der Waals surface area contributed by atoms with Gasteiger partial charge in [-0.05, 0) is 24.1 Å². The van der Waals surface area contributed by atoms with Crippen molar-refractivity contribution in [3.05, 3.63) is 29.8 Å². The van der Waals surface area contributed by atoms with Gasteiger partial charge >= 0.3 is 5.97 Å². The molecular weight excluding hydrogens is 264 g/mol. The lowest BCUT2D eigenvalue weighted by atomic mass is 10.1. The number of aliphatic hydroxyl groups is 1. The van der Waals surface area contributed by atoms with Crippen LogP contribution in [0.4, 0.5) is 0 Å². The first-order chi connectivity index (χ1) is 9.43. The van der Waals surface area contributed by atoms with Crippen LogP contribution >= 0.6 is 0 Å². The van der Waals surface area contributed by atoms with Crippen LogP contribution in [0.15, 0.2) is 24.3 Å². The van der Waals surface area contributed by atoms with E-state index in [1.165, 1.54) is 12.1 Å². The van der Waals surface area contributed by atoms with E-state index < -0.39 is 24.0 Å². The van der Waals surface area contributed by atoms with Crippen molar-refractivity contribution in [3.63, 3.8) is 0 Å². The predicted octanol–water partition coefficient (Wildman–Crippen LogP) is -1.09. The fraction of sp³-hybridized carbons (Fsp3) is 0.385. The second kappa shape index (κ2) is 7.46. The molecule has 1 aromatic rings. The normalized spacial score (nSPS) is 13.3. The van der Waals surface area contributed by atoms with Gasteiger partial charge in [0.15, 0.2) is 6.10 Å². The number of carbonyl (C=O) groups is 2. The smallest absolute Gasteiger partial charge is 0.336 e. The number of amides is 1. The Bertz CT molecular complexity index is 460. The van der Waals surface area contributed by atoms with Gasteiger partial charge in [-0.25, -0.2) is 4.79 Å².